The van der Waals surface area contributed by atoms with Gasteiger partial charge in [-0.25, -0.2) is 9.18 Å². The molecule has 0 bridgehead atoms. The average molecular weight is 281 g/mol. The molecule has 0 aliphatic rings. The van der Waals surface area contributed by atoms with Crippen LogP contribution in [0.1, 0.15) is 17.5 Å². The van der Waals surface area contributed by atoms with Gasteiger partial charge in [-0.05, 0) is 24.2 Å². The lowest BCUT2D eigenvalue weighted by molar-refractivity contribution is -0.384. The summed E-state index contributed by atoms with van der Waals surface area (Å²) >= 11 is 0. The summed E-state index contributed by atoms with van der Waals surface area (Å²) in [5.74, 6) is -2.26. The van der Waals surface area contributed by atoms with Gasteiger partial charge in [-0.15, -0.1) is 0 Å². The zero-order chi connectivity index (χ0) is 14.7. The summed E-state index contributed by atoms with van der Waals surface area (Å²) in [7, 11) is 0. The van der Waals surface area contributed by atoms with E-state index in [2.05, 4.69) is 14.9 Å². The Labute approximate surface area is 111 Å². The quantitative estimate of drug-likeness (QED) is 0.478. The third-order valence-corrected chi connectivity index (χ3v) is 2.27. The first-order valence-electron chi connectivity index (χ1n) is 5.48. The molecule has 2 aromatic rings. The van der Waals surface area contributed by atoms with Gasteiger partial charge in [0.2, 0.25) is 0 Å². The molecular formula is C11H8FN3O5. The van der Waals surface area contributed by atoms with E-state index in [1.54, 1.807) is 6.92 Å². The maximum Gasteiger partial charge on any atom is 0.379 e. The lowest BCUT2D eigenvalue weighted by atomic mass is 10.2. The fourth-order valence-corrected chi connectivity index (χ4v) is 1.45. The molecule has 9 heteroatoms. The molecule has 0 atom stereocenters. The average Bonchev–Trinajstić information content (AvgIpc) is 2.88. The number of carbonyl (C=O) groups is 1. The van der Waals surface area contributed by atoms with Crippen LogP contribution >= 0.6 is 0 Å². The summed E-state index contributed by atoms with van der Waals surface area (Å²) in [5, 5.41) is 14.2. The minimum Gasteiger partial charge on any atom is -0.460 e. The zero-order valence-corrected chi connectivity index (χ0v) is 10.2. The van der Waals surface area contributed by atoms with Crippen LogP contribution in [-0.4, -0.2) is 27.6 Å². The Morgan fingerprint density at radius 2 is 2.30 bits per heavy atom. The third kappa shape index (κ3) is 2.60. The van der Waals surface area contributed by atoms with E-state index >= 15 is 0 Å². The molecule has 1 aromatic carbocycles. The molecule has 0 saturated carbocycles. The Hall–Kier alpha value is -2.84. The minimum atomic E-state index is -0.832. The first-order chi connectivity index (χ1) is 9.52. The number of hydrogen-bond donors (Lipinski definition) is 0. The van der Waals surface area contributed by atoms with Crippen LogP contribution in [0, 0.1) is 15.9 Å². The summed E-state index contributed by atoms with van der Waals surface area (Å²) < 4.78 is 22.6. The number of nitro groups is 1. The Morgan fingerprint density at radius 3 is 2.95 bits per heavy atom. The van der Waals surface area contributed by atoms with Gasteiger partial charge in [-0.1, -0.05) is 0 Å². The number of nitro benzene ring substituents is 1. The zero-order valence-electron chi connectivity index (χ0n) is 10.2. The third-order valence-electron chi connectivity index (χ3n) is 2.27. The highest BCUT2D eigenvalue weighted by atomic mass is 19.1. The van der Waals surface area contributed by atoms with Crippen LogP contribution in [0.25, 0.3) is 11.5 Å². The Kier molecular flexibility index (Phi) is 3.69. The highest BCUT2D eigenvalue weighted by molar-refractivity contribution is 5.85. The molecule has 0 fully saturated rings. The van der Waals surface area contributed by atoms with Crippen LogP contribution in [0.4, 0.5) is 10.1 Å². The van der Waals surface area contributed by atoms with E-state index < -0.39 is 22.4 Å². The van der Waals surface area contributed by atoms with Gasteiger partial charge >= 0.3 is 5.97 Å². The second-order valence-corrected chi connectivity index (χ2v) is 3.56. The molecule has 1 aromatic heterocycles. The smallest absolute Gasteiger partial charge is 0.379 e. The molecule has 0 amide bonds. The second kappa shape index (κ2) is 5.43. The fraction of sp³-hybridized carbons (Fsp3) is 0.182. The summed E-state index contributed by atoms with van der Waals surface area (Å²) in [4.78, 5) is 25.2. The molecule has 20 heavy (non-hydrogen) atoms. The molecule has 0 unspecified atom stereocenters. The number of carbonyl (C=O) groups excluding carboxylic acids is 1. The van der Waals surface area contributed by atoms with Gasteiger partial charge in [0.1, 0.15) is 11.4 Å². The van der Waals surface area contributed by atoms with Crippen molar-refractivity contribution in [1.82, 2.24) is 10.1 Å². The first kappa shape index (κ1) is 13.6. The van der Waals surface area contributed by atoms with Crippen molar-refractivity contribution in [2.45, 2.75) is 6.92 Å². The summed E-state index contributed by atoms with van der Waals surface area (Å²) in [6.07, 6.45) is 0. The predicted molar refractivity (Wildman–Crippen MR) is 62.3 cm³/mol. The predicted octanol–water partition coefficient (Wildman–Crippen LogP) is 1.96. The molecule has 8 nitrogen and oxygen atoms in total. The van der Waals surface area contributed by atoms with Gasteiger partial charge in [-0.2, -0.15) is 4.98 Å². The van der Waals surface area contributed by atoms with Gasteiger partial charge in [0, 0.05) is 6.07 Å². The second-order valence-electron chi connectivity index (χ2n) is 3.56. The van der Waals surface area contributed by atoms with Gasteiger partial charge < -0.3 is 9.26 Å². The number of ether oxygens (including phenoxy) is 1. The van der Waals surface area contributed by atoms with E-state index in [0.29, 0.717) is 0 Å². The van der Waals surface area contributed by atoms with Crippen LogP contribution in [-0.2, 0) is 4.74 Å². The van der Waals surface area contributed by atoms with Gasteiger partial charge in [0.15, 0.2) is 0 Å². The lowest BCUT2D eigenvalue weighted by Gasteiger charge is -1.97. The number of hydrogen-bond acceptors (Lipinski definition) is 7. The van der Waals surface area contributed by atoms with E-state index in [1.165, 1.54) is 0 Å². The van der Waals surface area contributed by atoms with Crippen molar-refractivity contribution in [1.29, 1.82) is 0 Å². The van der Waals surface area contributed by atoms with Crippen LogP contribution in [0.15, 0.2) is 22.7 Å². The van der Waals surface area contributed by atoms with Crippen LogP contribution < -0.4 is 0 Å². The largest absolute Gasteiger partial charge is 0.460 e. The molecule has 2 rings (SSSR count). The molecule has 0 saturated heterocycles. The number of halogens is 1. The van der Waals surface area contributed by atoms with E-state index in [1.807, 2.05) is 0 Å². The van der Waals surface area contributed by atoms with E-state index in [4.69, 9.17) is 4.52 Å². The van der Waals surface area contributed by atoms with Crippen molar-refractivity contribution in [3.8, 4) is 11.5 Å². The number of esters is 1. The van der Waals surface area contributed by atoms with Crippen LogP contribution in [0.3, 0.4) is 0 Å². The normalized spacial score (nSPS) is 10.3. The van der Waals surface area contributed by atoms with Gasteiger partial charge in [0.05, 0.1) is 11.5 Å². The Morgan fingerprint density at radius 1 is 1.55 bits per heavy atom. The SMILES string of the molecule is CCOC(=O)c1noc(-c2cc(F)ccc2[N+](=O)[O-])n1. The number of nitrogens with zero attached hydrogens (tertiary/aromatic N) is 3. The maximum atomic E-state index is 13.2. The topological polar surface area (TPSA) is 108 Å². The molecule has 104 valence electrons. The number of aromatic nitrogens is 2. The Balaban J connectivity index is 2.44. The van der Waals surface area contributed by atoms with Crippen molar-refractivity contribution in [3.05, 3.63) is 40.0 Å². The molecule has 0 spiro atoms. The lowest BCUT2D eigenvalue weighted by Crippen LogP contribution is -2.06. The van der Waals surface area contributed by atoms with Crippen molar-refractivity contribution in [3.63, 3.8) is 0 Å². The standard InChI is InChI=1S/C11H8FN3O5/c1-2-19-11(16)9-13-10(20-14-9)7-5-6(12)3-4-8(7)15(17)18/h3-5H,2H2,1H3. The fourth-order valence-electron chi connectivity index (χ4n) is 1.45. The molecule has 1 heterocycles. The highest BCUT2D eigenvalue weighted by Crippen LogP contribution is 2.29. The van der Waals surface area contributed by atoms with Crippen molar-refractivity contribution < 1.29 is 23.4 Å². The van der Waals surface area contributed by atoms with E-state index in [-0.39, 0.29) is 23.9 Å². The van der Waals surface area contributed by atoms with Gasteiger partial charge in [-0.3, -0.25) is 10.1 Å². The highest BCUT2D eigenvalue weighted by Gasteiger charge is 2.23. The monoisotopic (exact) mass is 281 g/mol. The van der Waals surface area contributed by atoms with Crippen molar-refractivity contribution in [2.75, 3.05) is 6.61 Å². The maximum absolute atomic E-state index is 13.2. The molecule has 0 aliphatic heterocycles. The molecule has 0 radical (unpaired) electrons. The summed E-state index contributed by atoms with van der Waals surface area (Å²) in [5.41, 5.74) is -0.622. The van der Waals surface area contributed by atoms with Crippen molar-refractivity contribution >= 4 is 11.7 Å². The number of rotatable bonds is 4. The Bertz CT molecular complexity index is 670. The minimum absolute atomic E-state index is 0.114. The molecular weight excluding hydrogens is 273 g/mol. The van der Waals surface area contributed by atoms with E-state index in [9.17, 15) is 19.3 Å². The van der Waals surface area contributed by atoms with E-state index in [0.717, 1.165) is 18.2 Å². The first-order valence-corrected chi connectivity index (χ1v) is 5.48. The summed E-state index contributed by atoms with van der Waals surface area (Å²) in [6, 6.07) is 2.78. The van der Waals surface area contributed by atoms with Gasteiger partial charge in [0.25, 0.3) is 17.4 Å². The summed E-state index contributed by atoms with van der Waals surface area (Å²) in [6.45, 7) is 1.71. The van der Waals surface area contributed by atoms with Crippen molar-refractivity contribution in [2.24, 2.45) is 0 Å². The molecule has 0 aliphatic carbocycles. The molecule has 0 N–H and O–H groups in total. The van der Waals surface area contributed by atoms with Crippen LogP contribution in [0.5, 0.6) is 0 Å². The van der Waals surface area contributed by atoms with Crippen LogP contribution in [0.2, 0.25) is 0 Å². The number of benzene rings is 1.